The van der Waals surface area contributed by atoms with Gasteiger partial charge >= 0.3 is 0 Å². The summed E-state index contributed by atoms with van der Waals surface area (Å²) in [5.74, 6) is 1.29. The Kier molecular flexibility index (Phi) is 6.25. The molecule has 4 rings (SSSR count). The van der Waals surface area contributed by atoms with Crippen LogP contribution in [-0.4, -0.2) is 58.1 Å². The number of hydrogen-bond acceptors (Lipinski definition) is 5. The van der Waals surface area contributed by atoms with Gasteiger partial charge in [-0.3, -0.25) is 4.79 Å². The summed E-state index contributed by atoms with van der Waals surface area (Å²) in [4.78, 5) is 29.3. The minimum atomic E-state index is -0.108. The van der Waals surface area contributed by atoms with Gasteiger partial charge in [0.15, 0.2) is 0 Å². The van der Waals surface area contributed by atoms with Gasteiger partial charge in [-0.15, -0.1) is 0 Å². The van der Waals surface area contributed by atoms with E-state index in [0.29, 0.717) is 36.0 Å². The molecule has 0 aliphatic carbocycles. The van der Waals surface area contributed by atoms with Gasteiger partial charge in [0.1, 0.15) is 11.6 Å². The fourth-order valence-corrected chi connectivity index (χ4v) is 4.09. The molecule has 1 fully saturated rings. The zero-order valence-corrected chi connectivity index (χ0v) is 18.6. The van der Waals surface area contributed by atoms with Gasteiger partial charge in [-0.25, -0.2) is 9.97 Å². The van der Waals surface area contributed by atoms with Crippen LogP contribution in [0.4, 0.5) is 5.82 Å². The summed E-state index contributed by atoms with van der Waals surface area (Å²) in [5, 5.41) is 0.646. The number of anilines is 1. The predicted octanol–water partition coefficient (Wildman–Crippen LogP) is 4.01. The van der Waals surface area contributed by atoms with Crippen LogP contribution >= 0.6 is 11.6 Å². The highest BCUT2D eigenvalue weighted by molar-refractivity contribution is 6.30. The molecule has 1 saturated heterocycles. The van der Waals surface area contributed by atoms with Crippen LogP contribution in [0, 0.1) is 0 Å². The summed E-state index contributed by atoms with van der Waals surface area (Å²) in [6.07, 6.45) is 3.52. The Morgan fingerprint density at radius 1 is 1.26 bits per heavy atom. The molecule has 0 bridgehead atoms. The van der Waals surface area contributed by atoms with Crippen molar-refractivity contribution in [2.75, 3.05) is 25.0 Å². The second-order valence-electron chi connectivity index (χ2n) is 7.94. The van der Waals surface area contributed by atoms with Crippen LogP contribution in [0.2, 0.25) is 5.02 Å². The van der Waals surface area contributed by atoms with Gasteiger partial charge in [-0.2, -0.15) is 0 Å². The Hall–Kier alpha value is -2.90. The van der Waals surface area contributed by atoms with Gasteiger partial charge in [0, 0.05) is 43.1 Å². The number of pyridine rings is 1. The number of nitrogens with zero attached hydrogens (tertiary/aromatic N) is 4. The van der Waals surface area contributed by atoms with Gasteiger partial charge in [0.25, 0.3) is 5.91 Å². The fourth-order valence-electron chi connectivity index (χ4n) is 3.90. The molecule has 7 nitrogen and oxygen atoms in total. The van der Waals surface area contributed by atoms with E-state index in [2.05, 4.69) is 14.9 Å². The van der Waals surface area contributed by atoms with E-state index < -0.39 is 0 Å². The van der Waals surface area contributed by atoms with Crippen molar-refractivity contribution in [3.63, 3.8) is 0 Å². The van der Waals surface area contributed by atoms with E-state index in [4.69, 9.17) is 21.3 Å². The molecule has 8 heteroatoms. The van der Waals surface area contributed by atoms with E-state index in [9.17, 15) is 4.79 Å². The number of imidazole rings is 1. The topological polar surface area (TPSA) is 74.4 Å². The number of aromatic nitrogens is 3. The summed E-state index contributed by atoms with van der Waals surface area (Å²) in [5.41, 5.74) is 2.24. The summed E-state index contributed by atoms with van der Waals surface area (Å²) in [7, 11) is 1.77. The minimum absolute atomic E-state index is 0.0455. The monoisotopic (exact) mass is 439 g/mol. The SMILES string of the molecule is C[C@@H]1CN(c2nc(-c3cccc(Cl)c3)ccc2C(=O)N(C)Cc2ncc[nH]2)C[C@H](C)O1. The van der Waals surface area contributed by atoms with E-state index >= 15 is 0 Å². The van der Waals surface area contributed by atoms with Gasteiger partial charge in [-0.1, -0.05) is 23.7 Å². The third-order valence-electron chi connectivity index (χ3n) is 5.23. The van der Waals surface area contributed by atoms with Crippen LogP contribution in [0.1, 0.15) is 30.0 Å². The lowest BCUT2D eigenvalue weighted by Gasteiger charge is -2.37. The lowest BCUT2D eigenvalue weighted by atomic mass is 10.1. The van der Waals surface area contributed by atoms with Crippen molar-refractivity contribution in [3.05, 3.63) is 65.2 Å². The van der Waals surface area contributed by atoms with E-state index in [1.807, 2.05) is 50.2 Å². The Bertz CT molecular complexity index is 1050. The molecule has 2 aromatic heterocycles. The van der Waals surface area contributed by atoms with Crippen LogP contribution in [-0.2, 0) is 11.3 Å². The largest absolute Gasteiger partial charge is 0.372 e. The summed E-state index contributed by atoms with van der Waals surface area (Å²) in [6, 6.07) is 11.3. The number of carbonyl (C=O) groups is 1. The summed E-state index contributed by atoms with van der Waals surface area (Å²) in [6.45, 7) is 5.79. The number of morpholine rings is 1. The van der Waals surface area contributed by atoms with Crippen molar-refractivity contribution in [1.82, 2.24) is 19.9 Å². The minimum Gasteiger partial charge on any atom is -0.372 e. The second kappa shape index (κ2) is 9.08. The molecule has 0 spiro atoms. The standard InChI is InChI=1S/C23H26ClN5O2/c1-15-12-29(13-16(2)31-15)22-19(23(30)28(3)14-21-25-9-10-26-21)7-8-20(27-22)17-5-4-6-18(24)11-17/h4-11,15-16H,12-14H2,1-3H3,(H,25,26)/t15-,16+. The molecule has 2 atom stereocenters. The molecular weight excluding hydrogens is 414 g/mol. The van der Waals surface area contributed by atoms with Crippen molar-refractivity contribution in [3.8, 4) is 11.3 Å². The first-order chi connectivity index (χ1) is 14.9. The van der Waals surface area contributed by atoms with Gasteiger partial charge in [0.05, 0.1) is 30.0 Å². The van der Waals surface area contributed by atoms with Crippen LogP contribution in [0.15, 0.2) is 48.8 Å². The lowest BCUT2D eigenvalue weighted by molar-refractivity contribution is -0.00553. The van der Waals surface area contributed by atoms with E-state index in [1.54, 1.807) is 24.3 Å². The van der Waals surface area contributed by atoms with E-state index in [0.717, 1.165) is 17.1 Å². The molecule has 162 valence electrons. The zero-order chi connectivity index (χ0) is 22.0. The molecule has 1 aliphatic heterocycles. The van der Waals surface area contributed by atoms with Crippen molar-refractivity contribution in [1.29, 1.82) is 0 Å². The van der Waals surface area contributed by atoms with Crippen LogP contribution in [0.25, 0.3) is 11.3 Å². The maximum atomic E-state index is 13.4. The quantitative estimate of drug-likeness (QED) is 0.650. The smallest absolute Gasteiger partial charge is 0.257 e. The Labute approximate surface area is 187 Å². The third-order valence-corrected chi connectivity index (χ3v) is 5.47. The molecule has 31 heavy (non-hydrogen) atoms. The number of hydrogen-bond donors (Lipinski definition) is 1. The third kappa shape index (κ3) is 4.89. The number of nitrogens with one attached hydrogen (secondary N) is 1. The van der Waals surface area contributed by atoms with Gasteiger partial charge in [0.2, 0.25) is 0 Å². The Balaban J connectivity index is 1.72. The summed E-state index contributed by atoms with van der Waals surface area (Å²) >= 11 is 6.19. The predicted molar refractivity (Wildman–Crippen MR) is 121 cm³/mol. The number of benzene rings is 1. The van der Waals surface area contributed by atoms with Crippen LogP contribution in [0.5, 0.6) is 0 Å². The number of amides is 1. The average molecular weight is 440 g/mol. The first-order valence-corrected chi connectivity index (χ1v) is 10.7. The molecule has 0 unspecified atom stereocenters. The average Bonchev–Trinajstić information content (AvgIpc) is 3.25. The molecule has 1 aliphatic rings. The zero-order valence-electron chi connectivity index (χ0n) is 17.9. The number of ether oxygens (including phenoxy) is 1. The Morgan fingerprint density at radius 3 is 2.71 bits per heavy atom. The number of aromatic amines is 1. The molecule has 3 aromatic rings. The number of H-pyrrole nitrogens is 1. The molecule has 1 aromatic carbocycles. The first-order valence-electron chi connectivity index (χ1n) is 10.3. The summed E-state index contributed by atoms with van der Waals surface area (Å²) < 4.78 is 5.89. The fraction of sp³-hybridized carbons (Fsp3) is 0.348. The van der Waals surface area contributed by atoms with E-state index in [1.165, 1.54) is 0 Å². The van der Waals surface area contributed by atoms with Crippen LogP contribution < -0.4 is 4.90 Å². The van der Waals surface area contributed by atoms with Gasteiger partial charge in [-0.05, 0) is 38.1 Å². The Morgan fingerprint density at radius 2 is 2.03 bits per heavy atom. The van der Waals surface area contributed by atoms with Crippen molar-refractivity contribution in [2.24, 2.45) is 0 Å². The van der Waals surface area contributed by atoms with E-state index in [-0.39, 0.29) is 18.1 Å². The number of halogens is 1. The molecule has 3 heterocycles. The molecular formula is C23H26ClN5O2. The highest BCUT2D eigenvalue weighted by Gasteiger charge is 2.28. The number of rotatable bonds is 5. The highest BCUT2D eigenvalue weighted by atomic mass is 35.5. The normalized spacial score (nSPS) is 18.8. The van der Waals surface area contributed by atoms with Crippen molar-refractivity contribution >= 4 is 23.3 Å². The molecule has 0 saturated carbocycles. The highest BCUT2D eigenvalue weighted by Crippen LogP contribution is 2.29. The number of carbonyl (C=O) groups excluding carboxylic acids is 1. The maximum Gasteiger partial charge on any atom is 0.257 e. The first kappa shape index (κ1) is 21.3. The van der Waals surface area contributed by atoms with Crippen molar-refractivity contribution in [2.45, 2.75) is 32.6 Å². The van der Waals surface area contributed by atoms with Gasteiger partial charge < -0.3 is 19.5 Å². The second-order valence-corrected chi connectivity index (χ2v) is 8.37. The van der Waals surface area contributed by atoms with Crippen LogP contribution in [0.3, 0.4) is 0 Å². The molecule has 0 radical (unpaired) electrons. The molecule has 1 amide bonds. The van der Waals surface area contributed by atoms with Crippen molar-refractivity contribution < 1.29 is 9.53 Å². The lowest BCUT2D eigenvalue weighted by Crippen LogP contribution is -2.46. The maximum absolute atomic E-state index is 13.4. The molecule has 1 N–H and O–H groups in total.